The van der Waals surface area contributed by atoms with E-state index >= 15 is 0 Å². The molecule has 5 rings (SSSR count). The van der Waals surface area contributed by atoms with Crippen LogP contribution in [0.1, 0.15) is 23.6 Å². The van der Waals surface area contributed by atoms with Crippen LogP contribution in [0.4, 0.5) is 5.69 Å². The minimum Gasteiger partial charge on any atom is -0.379 e. The van der Waals surface area contributed by atoms with E-state index in [9.17, 15) is 0 Å². The van der Waals surface area contributed by atoms with Gasteiger partial charge in [0.2, 0.25) is 0 Å². The first-order valence-electron chi connectivity index (χ1n) is 11.0. The third-order valence-electron chi connectivity index (χ3n) is 6.18. The monoisotopic (exact) mass is 402 g/mol. The molecule has 2 aromatic rings. The Kier molecular flexibility index (Phi) is 5.73. The molecule has 0 spiro atoms. The van der Waals surface area contributed by atoms with Gasteiger partial charge in [0, 0.05) is 43.6 Å². The molecule has 0 aliphatic carbocycles. The number of nitrogens with zero attached hydrogens (tertiary/aromatic N) is 2. The van der Waals surface area contributed by atoms with E-state index in [0.717, 1.165) is 45.8 Å². The molecule has 0 radical (unpaired) electrons. The summed E-state index contributed by atoms with van der Waals surface area (Å²) in [5, 5.41) is 7.65. The highest BCUT2D eigenvalue weighted by atomic mass is 16.5. The lowest BCUT2D eigenvalue weighted by Gasteiger charge is -2.36. The smallest absolute Gasteiger partial charge is 0.140 e. The second kappa shape index (κ2) is 8.94. The van der Waals surface area contributed by atoms with Crippen LogP contribution in [0.2, 0.25) is 0 Å². The molecule has 5 nitrogen and oxygen atoms in total. The summed E-state index contributed by atoms with van der Waals surface area (Å²) in [5.41, 5.74) is 4.98. The number of fused-ring (bicyclic) bond motifs is 2. The third-order valence-corrected chi connectivity index (χ3v) is 6.18. The fraction of sp³-hybridized carbons (Fsp3) is 0.360. The van der Waals surface area contributed by atoms with Crippen LogP contribution in [-0.2, 0) is 4.74 Å². The van der Waals surface area contributed by atoms with E-state index in [1.54, 1.807) is 0 Å². The van der Waals surface area contributed by atoms with Crippen molar-refractivity contribution in [3.8, 4) is 0 Å². The maximum Gasteiger partial charge on any atom is 0.140 e. The number of benzene rings is 2. The zero-order valence-electron chi connectivity index (χ0n) is 17.3. The SMILES string of the molecule is C1=CN(CCCN2CCOCC2)C2Nc3ccccc3C(c3ccccc3)NC2=C1. The lowest BCUT2D eigenvalue weighted by Crippen LogP contribution is -2.45. The average molecular weight is 403 g/mol. The molecular formula is C25H30N4O. The molecule has 1 saturated heterocycles. The molecule has 0 aromatic heterocycles. The Morgan fingerprint density at radius 1 is 0.900 bits per heavy atom. The highest BCUT2D eigenvalue weighted by molar-refractivity contribution is 5.59. The van der Waals surface area contributed by atoms with Gasteiger partial charge >= 0.3 is 0 Å². The molecular weight excluding hydrogens is 372 g/mol. The van der Waals surface area contributed by atoms with Gasteiger partial charge in [0.1, 0.15) is 6.17 Å². The second-order valence-corrected chi connectivity index (χ2v) is 8.13. The van der Waals surface area contributed by atoms with Crippen molar-refractivity contribution in [2.75, 3.05) is 44.7 Å². The minimum absolute atomic E-state index is 0.120. The van der Waals surface area contributed by atoms with Gasteiger partial charge in [-0.3, -0.25) is 4.90 Å². The van der Waals surface area contributed by atoms with E-state index in [1.165, 1.54) is 22.5 Å². The molecule has 2 N–H and O–H groups in total. The van der Waals surface area contributed by atoms with Crippen molar-refractivity contribution in [1.29, 1.82) is 0 Å². The van der Waals surface area contributed by atoms with Gasteiger partial charge in [0.15, 0.2) is 0 Å². The fourth-order valence-electron chi connectivity index (χ4n) is 4.59. The number of para-hydroxylation sites is 1. The van der Waals surface area contributed by atoms with Crippen LogP contribution in [0, 0.1) is 0 Å². The van der Waals surface area contributed by atoms with Gasteiger partial charge in [-0.15, -0.1) is 0 Å². The summed E-state index contributed by atoms with van der Waals surface area (Å²) < 4.78 is 5.47. The Labute approximate surface area is 179 Å². The Hall–Kier alpha value is -2.76. The molecule has 0 saturated carbocycles. The summed E-state index contributed by atoms with van der Waals surface area (Å²) in [6.07, 6.45) is 7.84. The predicted molar refractivity (Wildman–Crippen MR) is 121 cm³/mol. The highest BCUT2D eigenvalue weighted by Gasteiger charge is 2.30. The summed E-state index contributed by atoms with van der Waals surface area (Å²) in [4.78, 5) is 4.93. The van der Waals surface area contributed by atoms with Crippen molar-refractivity contribution in [1.82, 2.24) is 15.1 Å². The minimum atomic E-state index is 0.120. The quantitative estimate of drug-likeness (QED) is 0.800. The number of hydrogen-bond donors (Lipinski definition) is 2. The number of morpholine rings is 1. The van der Waals surface area contributed by atoms with E-state index in [0.29, 0.717) is 0 Å². The first-order valence-corrected chi connectivity index (χ1v) is 11.0. The van der Waals surface area contributed by atoms with Gasteiger partial charge in [-0.2, -0.15) is 0 Å². The number of ether oxygens (including phenoxy) is 1. The average Bonchev–Trinajstić information content (AvgIpc) is 2.98. The Morgan fingerprint density at radius 2 is 1.70 bits per heavy atom. The van der Waals surface area contributed by atoms with Crippen LogP contribution in [-0.4, -0.2) is 55.4 Å². The van der Waals surface area contributed by atoms with Crippen LogP contribution in [0.5, 0.6) is 0 Å². The first-order chi connectivity index (χ1) is 14.9. The van der Waals surface area contributed by atoms with E-state index in [2.05, 4.69) is 93.4 Å². The number of hydrogen-bond acceptors (Lipinski definition) is 5. The largest absolute Gasteiger partial charge is 0.379 e. The summed E-state index contributed by atoms with van der Waals surface area (Å²) in [6.45, 7) is 5.97. The second-order valence-electron chi connectivity index (χ2n) is 8.13. The van der Waals surface area contributed by atoms with Gasteiger partial charge in [0.25, 0.3) is 0 Å². The van der Waals surface area contributed by atoms with Crippen LogP contribution < -0.4 is 10.6 Å². The molecule has 30 heavy (non-hydrogen) atoms. The van der Waals surface area contributed by atoms with Crippen LogP contribution in [0.25, 0.3) is 0 Å². The zero-order valence-corrected chi connectivity index (χ0v) is 17.3. The summed E-state index contributed by atoms with van der Waals surface area (Å²) in [5.74, 6) is 0. The number of rotatable bonds is 5. The normalized spacial score (nSPS) is 23.5. The summed E-state index contributed by atoms with van der Waals surface area (Å²) >= 11 is 0. The molecule has 5 heteroatoms. The van der Waals surface area contributed by atoms with Gasteiger partial charge in [0.05, 0.1) is 25.0 Å². The fourth-order valence-corrected chi connectivity index (χ4v) is 4.59. The van der Waals surface area contributed by atoms with E-state index < -0.39 is 0 Å². The van der Waals surface area contributed by atoms with Crippen molar-refractivity contribution < 1.29 is 4.74 Å². The van der Waals surface area contributed by atoms with Crippen molar-refractivity contribution in [2.45, 2.75) is 18.6 Å². The maximum absolute atomic E-state index is 5.47. The summed E-state index contributed by atoms with van der Waals surface area (Å²) in [6, 6.07) is 19.5. The molecule has 0 amide bonds. The predicted octanol–water partition coefficient (Wildman–Crippen LogP) is 3.55. The highest BCUT2D eigenvalue weighted by Crippen LogP contribution is 2.34. The van der Waals surface area contributed by atoms with Crippen LogP contribution >= 0.6 is 0 Å². The van der Waals surface area contributed by atoms with Crippen molar-refractivity contribution >= 4 is 5.69 Å². The van der Waals surface area contributed by atoms with E-state index in [1.807, 2.05) is 0 Å². The molecule has 156 valence electrons. The zero-order chi connectivity index (χ0) is 20.2. The molecule has 3 aliphatic rings. The topological polar surface area (TPSA) is 39.8 Å². The Bertz CT molecular complexity index is 904. The van der Waals surface area contributed by atoms with Crippen molar-refractivity contribution in [3.63, 3.8) is 0 Å². The standard InChI is InChI=1S/C25H30N4O/c1-2-8-20(9-3-1)24-21-10-4-5-11-22(21)27-25-23(26-24)12-6-14-29(25)15-7-13-28-16-18-30-19-17-28/h1-6,8-12,14,24-27H,7,13,15-19H2. The van der Waals surface area contributed by atoms with Gasteiger partial charge < -0.3 is 20.3 Å². The number of nitrogens with one attached hydrogen (secondary N) is 2. The molecule has 3 aliphatic heterocycles. The number of anilines is 1. The number of allylic oxidation sites excluding steroid dienone is 2. The lowest BCUT2D eigenvalue weighted by molar-refractivity contribution is 0.0364. The molecule has 3 heterocycles. The van der Waals surface area contributed by atoms with Gasteiger partial charge in [-0.05, 0) is 30.2 Å². The lowest BCUT2D eigenvalue weighted by atomic mass is 9.97. The van der Waals surface area contributed by atoms with Gasteiger partial charge in [-0.1, -0.05) is 48.5 Å². The van der Waals surface area contributed by atoms with Crippen molar-refractivity contribution in [3.05, 3.63) is 89.8 Å². The van der Waals surface area contributed by atoms with Crippen LogP contribution in [0.3, 0.4) is 0 Å². The molecule has 2 unspecified atom stereocenters. The van der Waals surface area contributed by atoms with E-state index in [-0.39, 0.29) is 12.2 Å². The third kappa shape index (κ3) is 4.09. The van der Waals surface area contributed by atoms with E-state index in [4.69, 9.17) is 4.74 Å². The Morgan fingerprint density at radius 3 is 2.57 bits per heavy atom. The van der Waals surface area contributed by atoms with Crippen molar-refractivity contribution in [2.24, 2.45) is 0 Å². The Balaban J connectivity index is 1.35. The molecule has 2 aromatic carbocycles. The van der Waals surface area contributed by atoms with Gasteiger partial charge in [-0.25, -0.2) is 0 Å². The molecule has 1 fully saturated rings. The molecule has 2 atom stereocenters. The summed E-state index contributed by atoms with van der Waals surface area (Å²) in [7, 11) is 0. The first kappa shape index (κ1) is 19.2. The van der Waals surface area contributed by atoms with Crippen LogP contribution in [0.15, 0.2) is 78.6 Å². The molecule has 0 bridgehead atoms. The maximum atomic E-state index is 5.47.